The van der Waals surface area contributed by atoms with Gasteiger partial charge >= 0.3 is 12.0 Å². The average molecular weight is 303 g/mol. The Kier molecular flexibility index (Phi) is 5.67. The first-order valence-electron chi connectivity index (χ1n) is 6.44. The SMILES string of the molecule is CNC(=O)C(C)NC(=O)N1C(C(=O)O)CSC1C(C)C. The molecule has 3 amide bonds. The van der Waals surface area contributed by atoms with Crippen LogP contribution in [0.5, 0.6) is 0 Å². The molecule has 0 saturated carbocycles. The summed E-state index contributed by atoms with van der Waals surface area (Å²) < 4.78 is 0. The van der Waals surface area contributed by atoms with E-state index in [2.05, 4.69) is 10.6 Å². The molecule has 3 unspecified atom stereocenters. The lowest BCUT2D eigenvalue weighted by Crippen LogP contribution is -2.55. The lowest BCUT2D eigenvalue weighted by molar-refractivity contribution is -0.141. The van der Waals surface area contributed by atoms with E-state index in [1.807, 2.05) is 13.8 Å². The minimum atomic E-state index is -1.02. The summed E-state index contributed by atoms with van der Waals surface area (Å²) in [5.74, 6) is -0.855. The highest BCUT2D eigenvalue weighted by Crippen LogP contribution is 2.34. The number of urea groups is 1. The van der Waals surface area contributed by atoms with Crippen LogP contribution in [-0.4, -0.2) is 58.2 Å². The van der Waals surface area contributed by atoms with Gasteiger partial charge < -0.3 is 15.7 Å². The normalized spacial score (nSPS) is 23.6. The van der Waals surface area contributed by atoms with Crippen LogP contribution >= 0.6 is 11.8 Å². The van der Waals surface area contributed by atoms with Gasteiger partial charge in [-0.2, -0.15) is 0 Å². The number of carboxylic acid groups (broad SMARTS) is 1. The van der Waals surface area contributed by atoms with Crippen molar-refractivity contribution in [3.63, 3.8) is 0 Å². The van der Waals surface area contributed by atoms with Gasteiger partial charge in [-0.1, -0.05) is 13.8 Å². The van der Waals surface area contributed by atoms with Crippen molar-refractivity contribution in [3.05, 3.63) is 0 Å². The highest BCUT2D eigenvalue weighted by atomic mass is 32.2. The fourth-order valence-electron chi connectivity index (χ4n) is 2.03. The van der Waals surface area contributed by atoms with Crippen molar-refractivity contribution in [2.24, 2.45) is 5.92 Å². The molecule has 8 heteroatoms. The van der Waals surface area contributed by atoms with Gasteiger partial charge in [0.05, 0.1) is 5.37 Å². The summed E-state index contributed by atoms with van der Waals surface area (Å²) in [5.41, 5.74) is 0. The second-order valence-electron chi connectivity index (χ2n) is 5.01. The van der Waals surface area contributed by atoms with Crippen LogP contribution in [0.15, 0.2) is 0 Å². The number of carbonyl (C=O) groups excluding carboxylic acids is 2. The first kappa shape index (κ1) is 16.6. The lowest BCUT2D eigenvalue weighted by atomic mass is 10.1. The maximum absolute atomic E-state index is 12.3. The molecule has 1 rings (SSSR count). The maximum atomic E-state index is 12.3. The molecule has 0 aromatic carbocycles. The van der Waals surface area contributed by atoms with E-state index in [9.17, 15) is 19.5 Å². The van der Waals surface area contributed by atoms with Gasteiger partial charge in [0.2, 0.25) is 5.91 Å². The van der Waals surface area contributed by atoms with Crippen molar-refractivity contribution in [2.45, 2.75) is 38.2 Å². The zero-order valence-electron chi connectivity index (χ0n) is 12.0. The van der Waals surface area contributed by atoms with E-state index >= 15 is 0 Å². The second-order valence-corrected chi connectivity index (χ2v) is 6.16. The molecule has 0 radical (unpaired) electrons. The Morgan fingerprint density at radius 2 is 1.90 bits per heavy atom. The van der Waals surface area contributed by atoms with E-state index < -0.39 is 24.1 Å². The van der Waals surface area contributed by atoms with Crippen LogP contribution in [0, 0.1) is 5.92 Å². The zero-order chi connectivity index (χ0) is 15.4. The largest absolute Gasteiger partial charge is 0.480 e. The third-order valence-electron chi connectivity index (χ3n) is 3.10. The number of aliphatic carboxylic acids is 1. The van der Waals surface area contributed by atoms with Crippen LogP contribution < -0.4 is 10.6 Å². The van der Waals surface area contributed by atoms with Crippen molar-refractivity contribution in [3.8, 4) is 0 Å². The number of carbonyl (C=O) groups is 3. The molecule has 3 N–H and O–H groups in total. The number of thioether (sulfide) groups is 1. The second kappa shape index (κ2) is 6.83. The Morgan fingerprint density at radius 1 is 1.30 bits per heavy atom. The Bertz CT molecular complexity index is 402. The van der Waals surface area contributed by atoms with E-state index in [4.69, 9.17) is 0 Å². The minimum Gasteiger partial charge on any atom is -0.480 e. The Labute approximate surface area is 122 Å². The third-order valence-corrected chi connectivity index (χ3v) is 4.73. The molecule has 1 fully saturated rings. The van der Waals surface area contributed by atoms with Crippen LogP contribution in [-0.2, 0) is 9.59 Å². The van der Waals surface area contributed by atoms with Gasteiger partial charge in [-0.25, -0.2) is 9.59 Å². The lowest BCUT2D eigenvalue weighted by Gasteiger charge is -2.30. The number of rotatable bonds is 4. The van der Waals surface area contributed by atoms with Crippen LogP contribution in [0.1, 0.15) is 20.8 Å². The Hall–Kier alpha value is -1.44. The number of nitrogens with zero attached hydrogens (tertiary/aromatic N) is 1. The molecule has 7 nitrogen and oxygen atoms in total. The topological polar surface area (TPSA) is 98.7 Å². The van der Waals surface area contributed by atoms with Gasteiger partial charge in [-0.15, -0.1) is 11.8 Å². The highest BCUT2D eigenvalue weighted by Gasteiger charge is 2.43. The molecule has 1 aliphatic heterocycles. The van der Waals surface area contributed by atoms with Crippen molar-refractivity contribution in [1.82, 2.24) is 15.5 Å². The standard InChI is InChI=1S/C12H21N3O4S/c1-6(2)10-15(8(5-20-10)11(17)18)12(19)14-7(3)9(16)13-4/h6-8,10H,5H2,1-4H3,(H,13,16)(H,14,19)(H,17,18). The molecule has 20 heavy (non-hydrogen) atoms. The third kappa shape index (κ3) is 3.56. The van der Waals surface area contributed by atoms with Crippen molar-refractivity contribution in [2.75, 3.05) is 12.8 Å². The summed E-state index contributed by atoms with van der Waals surface area (Å²) in [5, 5.41) is 14.0. The predicted octanol–water partition coefficient (Wildman–Crippen LogP) is 0.315. The molecule has 0 aliphatic carbocycles. The molecule has 1 aliphatic rings. The summed E-state index contributed by atoms with van der Waals surface area (Å²) in [6.45, 7) is 5.43. The van der Waals surface area contributed by atoms with Crippen LogP contribution in [0.3, 0.4) is 0 Å². The maximum Gasteiger partial charge on any atom is 0.327 e. The molecule has 0 aromatic rings. The van der Waals surface area contributed by atoms with Gasteiger partial charge in [0.25, 0.3) is 0 Å². The van der Waals surface area contributed by atoms with E-state index in [1.165, 1.54) is 23.7 Å². The van der Waals surface area contributed by atoms with Crippen molar-refractivity contribution >= 4 is 29.7 Å². The summed E-state index contributed by atoms with van der Waals surface area (Å²) in [6.07, 6.45) is 0. The Morgan fingerprint density at radius 3 is 2.35 bits per heavy atom. The fourth-order valence-corrected chi connectivity index (χ4v) is 3.50. The van der Waals surface area contributed by atoms with Gasteiger partial charge in [0.1, 0.15) is 12.1 Å². The zero-order valence-corrected chi connectivity index (χ0v) is 12.9. The smallest absolute Gasteiger partial charge is 0.327 e. The van der Waals surface area contributed by atoms with Crippen LogP contribution in [0.2, 0.25) is 0 Å². The fraction of sp³-hybridized carbons (Fsp3) is 0.750. The first-order valence-corrected chi connectivity index (χ1v) is 7.49. The van der Waals surface area contributed by atoms with E-state index in [-0.39, 0.29) is 17.2 Å². The number of amides is 3. The molecule has 0 aromatic heterocycles. The summed E-state index contributed by atoms with van der Waals surface area (Å²) in [6, 6.07) is -2.08. The van der Waals surface area contributed by atoms with E-state index in [1.54, 1.807) is 6.92 Å². The van der Waals surface area contributed by atoms with Crippen LogP contribution in [0.25, 0.3) is 0 Å². The molecular formula is C12H21N3O4S. The van der Waals surface area contributed by atoms with E-state index in [0.717, 1.165) is 0 Å². The summed E-state index contributed by atoms with van der Waals surface area (Å²) in [4.78, 5) is 36.3. The van der Waals surface area contributed by atoms with Crippen molar-refractivity contribution < 1.29 is 19.5 Å². The number of hydrogen-bond donors (Lipinski definition) is 3. The number of nitrogens with one attached hydrogen (secondary N) is 2. The van der Waals surface area contributed by atoms with Gasteiger partial charge in [0.15, 0.2) is 0 Å². The molecule has 0 spiro atoms. The average Bonchev–Trinajstić information content (AvgIpc) is 2.82. The van der Waals surface area contributed by atoms with Crippen molar-refractivity contribution in [1.29, 1.82) is 0 Å². The molecule has 0 bridgehead atoms. The summed E-state index contributed by atoms with van der Waals surface area (Å²) in [7, 11) is 1.48. The Balaban J connectivity index is 2.84. The number of hydrogen-bond acceptors (Lipinski definition) is 4. The monoisotopic (exact) mass is 303 g/mol. The molecular weight excluding hydrogens is 282 g/mol. The molecule has 3 atom stereocenters. The van der Waals surface area contributed by atoms with Crippen LogP contribution in [0.4, 0.5) is 4.79 Å². The molecule has 114 valence electrons. The van der Waals surface area contributed by atoms with Gasteiger partial charge in [0, 0.05) is 12.8 Å². The number of likely N-dealkylation sites (N-methyl/N-ethyl adjacent to an activating group) is 1. The predicted molar refractivity (Wildman–Crippen MR) is 76.4 cm³/mol. The van der Waals surface area contributed by atoms with Gasteiger partial charge in [-0.05, 0) is 12.8 Å². The molecule has 1 saturated heterocycles. The minimum absolute atomic E-state index is 0.130. The summed E-state index contributed by atoms with van der Waals surface area (Å²) >= 11 is 1.45. The van der Waals surface area contributed by atoms with E-state index in [0.29, 0.717) is 5.75 Å². The quantitative estimate of drug-likeness (QED) is 0.694. The first-order chi connectivity index (χ1) is 9.29. The van der Waals surface area contributed by atoms with Gasteiger partial charge in [-0.3, -0.25) is 9.69 Å². The molecule has 1 heterocycles. The number of carboxylic acids is 1. The highest BCUT2D eigenvalue weighted by molar-refractivity contribution is 8.00.